The van der Waals surface area contributed by atoms with Gasteiger partial charge in [-0.1, -0.05) is 12.1 Å². The Morgan fingerprint density at radius 3 is 2.67 bits per heavy atom. The van der Waals surface area contributed by atoms with Crippen LogP contribution in [0.5, 0.6) is 5.75 Å². The molecule has 0 spiro atoms. The Hall–Kier alpha value is -1.81. The Kier molecular flexibility index (Phi) is 4.25. The Morgan fingerprint density at radius 1 is 1.33 bits per heavy atom. The lowest BCUT2D eigenvalue weighted by molar-refractivity contribution is -0.121. The molecule has 0 radical (unpaired) electrons. The molecule has 1 amide bonds. The first-order chi connectivity index (χ1) is 10.3. The summed E-state index contributed by atoms with van der Waals surface area (Å²) < 4.78 is 5.19. The molecule has 1 heterocycles. The molecule has 1 aromatic heterocycles. The summed E-state index contributed by atoms with van der Waals surface area (Å²) >= 11 is 1.63. The molecule has 0 unspecified atom stereocenters. The molecular weight excluding hydrogens is 282 g/mol. The highest BCUT2D eigenvalue weighted by Gasteiger charge is 2.33. The molecule has 1 saturated carbocycles. The van der Waals surface area contributed by atoms with Gasteiger partial charge in [-0.15, -0.1) is 0 Å². The van der Waals surface area contributed by atoms with Crippen LogP contribution in [-0.4, -0.2) is 13.0 Å². The number of nitrogens with one attached hydrogen (secondary N) is 1. The van der Waals surface area contributed by atoms with Crippen LogP contribution in [0.3, 0.4) is 0 Å². The van der Waals surface area contributed by atoms with Crippen LogP contribution in [0.1, 0.15) is 30.0 Å². The molecule has 3 nitrogen and oxygen atoms in total. The van der Waals surface area contributed by atoms with E-state index < -0.39 is 0 Å². The van der Waals surface area contributed by atoms with Crippen LogP contribution >= 0.6 is 11.3 Å². The second kappa shape index (κ2) is 6.31. The molecule has 1 N–H and O–H groups in total. The number of hydrogen-bond donors (Lipinski definition) is 1. The Labute approximate surface area is 129 Å². The van der Waals surface area contributed by atoms with Gasteiger partial charge in [0.25, 0.3) is 0 Å². The Bertz CT molecular complexity index is 588. The molecule has 0 bridgehead atoms. The van der Waals surface area contributed by atoms with Crippen molar-refractivity contribution >= 4 is 17.2 Å². The lowest BCUT2D eigenvalue weighted by atomic mass is 10.0. The van der Waals surface area contributed by atoms with E-state index in [0.29, 0.717) is 12.3 Å². The van der Waals surface area contributed by atoms with Crippen LogP contribution in [-0.2, 0) is 11.2 Å². The first-order valence-corrected chi connectivity index (χ1v) is 8.15. The van der Waals surface area contributed by atoms with E-state index in [-0.39, 0.29) is 11.9 Å². The number of carbonyl (C=O) groups excluding carboxylic acids is 1. The third-order valence-electron chi connectivity index (χ3n) is 3.83. The van der Waals surface area contributed by atoms with Gasteiger partial charge in [0, 0.05) is 0 Å². The zero-order chi connectivity index (χ0) is 14.7. The molecule has 3 rings (SSSR count). The smallest absolute Gasteiger partial charge is 0.224 e. The van der Waals surface area contributed by atoms with Gasteiger partial charge >= 0.3 is 0 Å². The third-order valence-corrected chi connectivity index (χ3v) is 4.56. The minimum absolute atomic E-state index is 0.0983. The molecule has 1 aromatic carbocycles. The van der Waals surface area contributed by atoms with Gasteiger partial charge in [0.15, 0.2) is 0 Å². The Morgan fingerprint density at radius 2 is 2.10 bits per heavy atom. The van der Waals surface area contributed by atoms with Crippen LogP contribution in [0, 0.1) is 5.92 Å². The maximum absolute atomic E-state index is 12.2. The van der Waals surface area contributed by atoms with Crippen molar-refractivity contribution in [3.63, 3.8) is 0 Å². The molecule has 2 aromatic rings. The molecule has 110 valence electrons. The van der Waals surface area contributed by atoms with Crippen molar-refractivity contribution < 1.29 is 9.53 Å². The van der Waals surface area contributed by atoms with E-state index in [1.54, 1.807) is 18.4 Å². The predicted octanol–water partition coefficient (Wildman–Crippen LogP) is 3.57. The minimum Gasteiger partial charge on any atom is -0.497 e. The maximum Gasteiger partial charge on any atom is 0.224 e. The summed E-state index contributed by atoms with van der Waals surface area (Å²) in [5.41, 5.74) is 2.25. The zero-order valence-corrected chi connectivity index (χ0v) is 12.9. The number of ether oxygens (including phenoxy) is 1. The van der Waals surface area contributed by atoms with Gasteiger partial charge < -0.3 is 10.1 Å². The largest absolute Gasteiger partial charge is 0.497 e. The van der Waals surface area contributed by atoms with Gasteiger partial charge in [-0.05, 0) is 58.8 Å². The summed E-state index contributed by atoms with van der Waals surface area (Å²) in [5, 5.41) is 7.23. The normalized spacial score (nSPS) is 15.5. The average molecular weight is 301 g/mol. The van der Waals surface area contributed by atoms with Gasteiger partial charge in [-0.3, -0.25) is 4.79 Å². The number of rotatable bonds is 6. The second-order valence-corrected chi connectivity index (χ2v) is 6.24. The third kappa shape index (κ3) is 3.64. The number of amides is 1. The SMILES string of the molecule is COc1ccc([C@@H](NC(=O)Cc2ccsc2)C2CC2)cc1. The topological polar surface area (TPSA) is 38.3 Å². The quantitative estimate of drug-likeness (QED) is 0.886. The van der Waals surface area contributed by atoms with Crippen molar-refractivity contribution in [2.24, 2.45) is 5.92 Å². The summed E-state index contributed by atoms with van der Waals surface area (Å²) in [6.07, 6.45) is 2.84. The number of carbonyl (C=O) groups is 1. The number of hydrogen-bond acceptors (Lipinski definition) is 3. The fourth-order valence-electron chi connectivity index (χ4n) is 2.52. The molecule has 1 aliphatic carbocycles. The van der Waals surface area contributed by atoms with Crippen molar-refractivity contribution in [1.82, 2.24) is 5.32 Å². The molecule has 1 fully saturated rings. The van der Waals surface area contributed by atoms with Crippen molar-refractivity contribution in [1.29, 1.82) is 0 Å². The first-order valence-electron chi connectivity index (χ1n) is 7.20. The van der Waals surface area contributed by atoms with Crippen LogP contribution in [0.2, 0.25) is 0 Å². The second-order valence-electron chi connectivity index (χ2n) is 5.46. The van der Waals surface area contributed by atoms with Crippen molar-refractivity contribution in [2.45, 2.75) is 25.3 Å². The molecule has 0 aliphatic heterocycles. The van der Waals surface area contributed by atoms with E-state index in [1.807, 2.05) is 41.1 Å². The fraction of sp³-hybridized carbons (Fsp3) is 0.353. The summed E-state index contributed by atoms with van der Waals surface area (Å²) in [6, 6.07) is 10.1. The molecule has 1 aliphatic rings. The van der Waals surface area contributed by atoms with E-state index in [4.69, 9.17) is 4.74 Å². The average Bonchev–Trinajstić information content (AvgIpc) is 3.23. The number of benzene rings is 1. The molecule has 0 saturated heterocycles. The molecule has 1 atom stereocenters. The van der Waals surface area contributed by atoms with Crippen molar-refractivity contribution in [2.75, 3.05) is 7.11 Å². The zero-order valence-electron chi connectivity index (χ0n) is 12.0. The Balaban J connectivity index is 1.67. The van der Waals surface area contributed by atoms with E-state index in [1.165, 1.54) is 12.8 Å². The summed E-state index contributed by atoms with van der Waals surface area (Å²) in [7, 11) is 1.66. The van der Waals surface area contributed by atoms with Gasteiger partial charge in [0.05, 0.1) is 19.6 Å². The molecule has 21 heavy (non-hydrogen) atoms. The molecule has 4 heteroatoms. The molecular formula is C17H19NO2S. The first kappa shape index (κ1) is 14.1. The highest BCUT2D eigenvalue weighted by molar-refractivity contribution is 7.07. The monoisotopic (exact) mass is 301 g/mol. The lowest BCUT2D eigenvalue weighted by Gasteiger charge is -2.19. The van der Waals surface area contributed by atoms with Crippen molar-refractivity contribution in [3.05, 3.63) is 52.2 Å². The van der Waals surface area contributed by atoms with Gasteiger partial charge in [-0.25, -0.2) is 0 Å². The number of thiophene rings is 1. The summed E-state index contributed by atoms with van der Waals surface area (Å²) in [4.78, 5) is 12.2. The van der Waals surface area contributed by atoms with Crippen molar-refractivity contribution in [3.8, 4) is 5.75 Å². The van der Waals surface area contributed by atoms with Crippen LogP contribution in [0.15, 0.2) is 41.1 Å². The number of methoxy groups -OCH3 is 1. The van der Waals surface area contributed by atoms with Gasteiger partial charge in [0.2, 0.25) is 5.91 Å². The highest BCUT2D eigenvalue weighted by atomic mass is 32.1. The van der Waals surface area contributed by atoms with Gasteiger partial charge in [-0.2, -0.15) is 11.3 Å². The fourth-order valence-corrected chi connectivity index (χ4v) is 3.19. The van der Waals surface area contributed by atoms with E-state index in [9.17, 15) is 4.79 Å². The maximum atomic E-state index is 12.2. The summed E-state index contributed by atoms with van der Waals surface area (Å²) in [6.45, 7) is 0. The van der Waals surface area contributed by atoms with Crippen LogP contribution < -0.4 is 10.1 Å². The highest BCUT2D eigenvalue weighted by Crippen LogP contribution is 2.41. The standard InChI is InChI=1S/C17H19NO2S/c1-20-15-6-4-14(5-7-15)17(13-2-3-13)18-16(19)10-12-8-9-21-11-12/h4-9,11,13,17H,2-3,10H2,1H3,(H,18,19)/t17-/m0/s1. The van der Waals surface area contributed by atoms with Gasteiger partial charge in [0.1, 0.15) is 5.75 Å². The van der Waals surface area contributed by atoms with E-state index >= 15 is 0 Å². The van der Waals surface area contributed by atoms with E-state index in [0.717, 1.165) is 16.9 Å². The predicted molar refractivity (Wildman–Crippen MR) is 84.6 cm³/mol. The lowest BCUT2D eigenvalue weighted by Crippen LogP contribution is -2.31. The van der Waals surface area contributed by atoms with Crippen LogP contribution in [0.4, 0.5) is 0 Å². The van der Waals surface area contributed by atoms with Crippen LogP contribution in [0.25, 0.3) is 0 Å². The minimum atomic E-state index is 0.0983. The summed E-state index contributed by atoms with van der Waals surface area (Å²) in [5.74, 6) is 1.52. The van der Waals surface area contributed by atoms with E-state index in [2.05, 4.69) is 5.32 Å².